The first-order valence-electron chi connectivity index (χ1n) is 9.67. The Morgan fingerprint density at radius 2 is 2.07 bits per heavy atom. The van der Waals surface area contributed by atoms with E-state index in [0.717, 1.165) is 30.6 Å². The van der Waals surface area contributed by atoms with Crippen LogP contribution in [0.15, 0.2) is 36.4 Å². The molecule has 0 aliphatic carbocycles. The van der Waals surface area contributed by atoms with E-state index in [2.05, 4.69) is 22.5 Å². The minimum Gasteiger partial charge on any atom is -0.508 e. The highest BCUT2D eigenvalue weighted by Gasteiger charge is 2.25. The zero-order valence-corrected chi connectivity index (χ0v) is 16.6. The van der Waals surface area contributed by atoms with E-state index < -0.39 is 5.91 Å². The fourth-order valence-corrected chi connectivity index (χ4v) is 4.08. The predicted octanol–water partition coefficient (Wildman–Crippen LogP) is 2.62. The number of aromatic nitrogens is 2. The first-order chi connectivity index (χ1) is 13.9. The molecule has 0 spiro atoms. The summed E-state index contributed by atoms with van der Waals surface area (Å²) in [6.07, 6.45) is 1.07. The van der Waals surface area contributed by atoms with Gasteiger partial charge in [-0.15, -0.1) is 0 Å². The topological polar surface area (TPSA) is 119 Å². The van der Waals surface area contributed by atoms with Crippen molar-refractivity contribution in [3.05, 3.63) is 58.7 Å². The fourth-order valence-electron chi connectivity index (χ4n) is 4.08. The summed E-state index contributed by atoms with van der Waals surface area (Å²) < 4.78 is 1.50. The van der Waals surface area contributed by atoms with Gasteiger partial charge in [0.1, 0.15) is 22.8 Å². The molecule has 0 saturated carbocycles. The molecule has 7 nitrogen and oxygen atoms in total. The highest BCUT2D eigenvalue weighted by atomic mass is 16.3. The highest BCUT2D eigenvalue weighted by molar-refractivity contribution is 6.03. The van der Waals surface area contributed by atoms with Gasteiger partial charge in [0.25, 0.3) is 5.91 Å². The van der Waals surface area contributed by atoms with Crippen LogP contribution < -0.4 is 16.8 Å². The summed E-state index contributed by atoms with van der Waals surface area (Å²) in [7, 11) is 0. The number of phenolic OH excluding ortho intramolecular Hbond substituents is 1. The number of hydrogen-bond donors (Lipinski definition) is 4. The molecule has 1 aromatic heterocycles. The molecular weight excluding hydrogens is 366 g/mol. The molecule has 2 aromatic carbocycles. The van der Waals surface area contributed by atoms with Crippen LogP contribution in [0.2, 0.25) is 0 Å². The predicted molar refractivity (Wildman–Crippen MR) is 113 cm³/mol. The summed E-state index contributed by atoms with van der Waals surface area (Å²) >= 11 is 0. The van der Waals surface area contributed by atoms with Crippen LogP contribution in [0.1, 0.15) is 39.4 Å². The van der Waals surface area contributed by atoms with E-state index in [9.17, 15) is 9.90 Å². The van der Waals surface area contributed by atoms with Crippen molar-refractivity contribution < 1.29 is 9.90 Å². The number of phenols is 1. The smallest absolute Gasteiger partial charge is 0.254 e. The Kier molecular flexibility index (Phi) is 4.76. The number of amides is 1. The molecule has 1 aliphatic rings. The van der Waals surface area contributed by atoms with Crippen LogP contribution in [0.25, 0.3) is 16.9 Å². The fraction of sp³-hybridized carbons (Fsp3) is 0.273. The van der Waals surface area contributed by atoms with Crippen molar-refractivity contribution in [1.29, 1.82) is 0 Å². The first kappa shape index (κ1) is 19.0. The molecule has 150 valence electrons. The van der Waals surface area contributed by atoms with Gasteiger partial charge in [-0.1, -0.05) is 24.3 Å². The number of aromatic hydroxyl groups is 1. The molecule has 3 aromatic rings. The number of hydrogen-bond acceptors (Lipinski definition) is 5. The van der Waals surface area contributed by atoms with Crippen LogP contribution in [0, 0.1) is 13.8 Å². The third-order valence-electron chi connectivity index (χ3n) is 5.68. The summed E-state index contributed by atoms with van der Waals surface area (Å²) in [5, 5.41) is 18.2. The second-order valence-corrected chi connectivity index (χ2v) is 7.58. The highest BCUT2D eigenvalue weighted by Crippen LogP contribution is 2.34. The Balaban J connectivity index is 1.90. The number of nitrogens with one attached hydrogen (secondary N) is 1. The molecular formula is C22H25N5O2. The molecule has 1 atom stereocenters. The maximum atomic E-state index is 12.3. The van der Waals surface area contributed by atoms with E-state index in [-0.39, 0.29) is 17.1 Å². The van der Waals surface area contributed by atoms with Crippen molar-refractivity contribution in [3.8, 4) is 22.7 Å². The van der Waals surface area contributed by atoms with Gasteiger partial charge in [0, 0.05) is 17.7 Å². The Bertz CT molecular complexity index is 1100. The number of primary amides is 1. The average Bonchev–Trinajstić information content (AvgIpc) is 3.34. The number of benzene rings is 2. The van der Waals surface area contributed by atoms with Crippen LogP contribution in [0.5, 0.6) is 5.75 Å². The van der Waals surface area contributed by atoms with Gasteiger partial charge in [0.05, 0.1) is 5.69 Å². The molecule has 29 heavy (non-hydrogen) atoms. The zero-order chi connectivity index (χ0) is 20.7. The number of anilines is 1. The zero-order valence-electron chi connectivity index (χ0n) is 16.6. The van der Waals surface area contributed by atoms with Gasteiger partial charge in [0.2, 0.25) is 0 Å². The molecule has 1 fully saturated rings. The Labute approximate surface area is 169 Å². The Morgan fingerprint density at radius 3 is 2.76 bits per heavy atom. The van der Waals surface area contributed by atoms with E-state index in [0.29, 0.717) is 22.9 Å². The van der Waals surface area contributed by atoms with Crippen LogP contribution in [0.4, 0.5) is 5.82 Å². The Hall–Kier alpha value is -3.32. The second-order valence-electron chi connectivity index (χ2n) is 7.58. The molecule has 0 radical (unpaired) electrons. The molecule has 0 bridgehead atoms. The molecule has 2 heterocycles. The van der Waals surface area contributed by atoms with Crippen molar-refractivity contribution in [2.45, 2.75) is 26.2 Å². The third-order valence-corrected chi connectivity index (χ3v) is 5.68. The molecule has 1 amide bonds. The standard InChI is InChI=1S/C22H25N5O2/c1-12-6-7-17(28)13(2)20(12)27-21(23)18(22(24)29)19(26-27)15-5-3-4-14(10-15)16-8-9-25-11-16/h3-7,10,16,25,28H,8-9,11,23H2,1-2H3,(H2,24,29). The molecule has 1 saturated heterocycles. The van der Waals surface area contributed by atoms with Gasteiger partial charge in [-0.2, -0.15) is 5.10 Å². The van der Waals surface area contributed by atoms with Crippen LogP contribution >= 0.6 is 0 Å². The van der Waals surface area contributed by atoms with Gasteiger partial charge in [0.15, 0.2) is 0 Å². The van der Waals surface area contributed by atoms with Crippen molar-refractivity contribution in [2.24, 2.45) is 5.73 Å². The lowest BCUT2D eigenvalue weighted by atomic mass is 9.95. The van der Waals surface area contributed by atoms with Crippen LogP contribution in [0.3, 0.4) is 0 Å². The maximum absolute atomic E-state index is 12.3. The SMILES string of the molecule is Cc1ccc(O)c(C)c1-n1nc(-c2cccc(C3CCNC3)c2)c(C(N)=O)c1N. The van der Waals surface area contributed by atoms with Gasteiger partial charge in [-0.3, -0.25) is 4.79 Å². The van der Waals surface area contributed by atoms with E-state index in [4.69, 9.17) is 11.5 Å². The van der Waals surface area contributed by atoms with Crippen molar-refractivity contribution in [1.82, 2.24) is 15.1 Å². The van der Waals surface area contributed by atoms with E-state index in [1.807, 2.05) is 19.1 Å². The number of nitrogens with zero attached hydrogens (tertiary/aromatic N) is 2. The normalized spacial score (nSPS) is 16.3. The number of nitrogens with two attached hydrogens (primary N) is 2. The second kappa shape index (κ2) is 7.25. The monoisotopic (exact) mass is 391 g/mol. The lowest BCUT2D eigenvalue weighted by Gasteiger charge is -2.12. The lowest BCUT2D eigenvalue weighted by molar-refractivity contribution is 0.100. The van der Waals surface area contributed by atoms with Gasteiger partial charge < -0.3 is 21.9 Å². The van der Waals surface area contributed by atoms with Crippen LogP contribution in [-0.4, -0.2) is 33.9 Å². The number of carbonyl (C=O) groups excluding carboxylic acids is 1. The summed E-state index contributed by atoms with van der Waals surface area (Å²) in [6.45, 7) is 5.62. The lowest BCUT2D eigenvalue weighted by Crippen LogP contribution is -2.14. The van der Waals surface area contributed by atoms with E-state index in [1.165, 1.54) is 10.2 Å². The number of carbonyl (C=O) groups is 1. The third kappa shape index (κ3) is 3.23. The molecule has 7 heteroatoms. The summed E-state index contributed by atoms with van der Waals surface area (Å²) in [6, 6.07) is 11.4. The summed E-state index contributed by atoms with van der Waals surface area (Å²) in [4.78, 5) is 12.3. The number of aryl methyl sites for hydroxylation is 1. The summed E-state index contributed by atoms with van der Waals surface area (Å²) in [5.74, 6) is 0.102. The van der Waals surface area contributed by atoms with Gasteiger partial charge in [-0.05, 0) is 56.0 Å². The summed E-state index contributed by atoms with van der Waals surface area (Å²) in [5.41, 5.74) is 16.8. The van der Waals surface area contributed by atoms with Crippen molar-refractivity contribution in [2.75, 3.05) is 18.8 Å². The first-order valence-corrected chi connectivity index (χ1v) is 9.67. The quantitative estimate of drug-likeness (QED) is 0.545. The minimum absolute atomic E-state index is 0.137. The van der Waals surface area contributed by atoms with Crippen LogP contribution in [-0.2, 0) is 0 Å². The van der Waals surface area contributed by atoms with Crippen molar-refractivity contribution in [3.63, 3.8) is 0 Å². The largest absolute Gasteiger partial charge is 0.508 e. The van der Waals surface area contributed by atoms with E-state index in [1.54, 1.807) is 19.1 Å². The van der Waals surface area contributed by atoms with Crippen molar-refractivity contribution >= 4 is 11.7 Å². The number of rotatable bonds is 4. The number of nitrogen functional groups attached to an aromatic ring is 1. The molecule has 6 N–H and O–H groups in total. The van der Waals surface area contributed by atoms with Gasteiger partial charge in [-0.25, -0.2) is 4.68 Å². The molecule has 1 aliphatic heterocycles. The Morgan fingerprint density at radius 1 is 1.28 bits per heavy atom. The maximum Gasteiger partial charge on any atom is 0.254 e. The average molecular weight is 391 g/mol. The molecule has 1 unspecified atom stereocenters. The van der Waals surface area contributed by atoms with Gasteiger partial charge >= 0.3 is 0 Å². The minimum atomic E-state index is -0.632. The van der Waals surface area contributed by atoms with E-state index >= 15 is 0 Å². The molecule has 4 rings (SSSR count).